The van der Waals surface area contributed by atoms with E-state index in [9.17, 15) is 9.59 Å². The van der Waals surface area contributed by atoms with E-state index in [2.05, 4.69) is 0 Å². The van der Waals surface area contributed by atoms with Gasteiger partial charge in [0.1, 0.15) is 12.2 Å². The third-order valence-electron chi connectivity index (χ3n) is 1.50. The molecule has 0 unspecified atom stereocenters. The van der Waals surface area contributed by atoms with Crippen LogP contribution in [-0.2, 0) is 43.7 Å². The van der Waals surface area contributed by atoms with Crippen molar-refractivity contribution < 1.29 is 74.4 Å². The average molecular weight is 321 g/mol. The summed E-state index contributed by atoms with van der Waals surface area (Å²) in [6, 6.07) is 0. The van der Waals surface area contributed by atoms with Crippen LogP contribution >= 0.6 is 0 Å². The molecule has 0 bridgehead atoms. The molecule has 0 aromatic rings. The molecule has 0 fully saturated rings. The molecule has 0 aliphatic heterocycles. The Morgan fingerprint density at radius 1 is 0.750 bits per heavy atom. The van der Waals surface area contributed by atoms with Crippen LogP contribution in [0.4, 0.5) is 0 Å². The molecule has 0 spiro atoms. The molecule has 8 nitrogen and oxygen atoms in total. The number of aliphatic hydroxyl groups is 4. The summed E-state index contributed by atoms with van der Waals surface area (Å²) in [4.78, 5) is 20.2. The molecule has 0 aromatic heterocycles. The van der Waals surface area contributed by atoms with Crippen LogP contribution in [0.5, 0.6) is 0 Å². The van der Waals surface area contributed by atoms with Gasteiger partial charge in [0, 0.05) is 34.1 Å². The Labute approximate surface area is 111 Å². The fourth-order valence-corrected chi connectivity index (χ4v) is 0.666. The second kappa shape index (κ2) is 8.91. The van der Waals surface area contributed by atoms with Gasteiger partial charge in [0.05, 0.1) is 0 Å². The van der Waals surface area contributed by atoms with Crippen molar-refractivity contribution in [1.82, 2.24) is 0 Å². The SMILES string of the molecule is O=C(O)[C@@H](O)[C@@H](O)[C@H](O)[C@@H](O)C(=O)O.[Fe].[Mn]. The maximum atomic E-state index is 10.1. The minimum atomic E-state index is -2.36. The molecule has 16 heavy (non-hydrogen) atoms. The van der Waals surface area contributed by atoms with Gasteiger partial charge in [-0.25, -0.2) is 9.59 Å². The van der Waals surface area contributed by atoms with Gasteiger partial charge in [-0.2, -0.15) is 0 Å². The van der Waals surface area contributed by atoms with Gasteiger partial charge in [-0.1, -0.05) is 0 Å². The summed E-state index contributed by atoms with van der Waals surface area (Å²) < 4.78 is 0. The van der Waals surface area contributed by atoms with Crippen LogP contribution in [0.1, 0.15) is 0 Å². The number of carboxylic acid groups (broad SMARTS) is 2. The van der Waals surface area contributed by atoms with Crippen LogP contribution in [-0.4, -0.2) is 67.0 Å². The second-order valence-corrected chi connectivity index (χ2v) is 2.55. The quantitative estimate of drug-likeness (QED) is 0.286. The Hall–Kier alpha value is -0.181. The fraction of sp³-hybridized carbons (Fsp3) is 0.667. The number of hydrogen-bond acceptors (Lipinski definition) is 6. The van der Waals surface area contributed by atoms with Crippen molar-refractivity contribution in [3.63, 3.8) is 0 Å². The van der Waals surface area contributed by atoms with E-state index < -0.39 is 36.4 Å². The molecule has 0 saturated carbocycles. The zero-order chi connectivity index (χ0) is 11.5. The van der Waals surface area contributed by atoms with E-state index in [1.165, 1.54) is 0 Å². The molecular weight excluding hydrogens is 311 g/mol. The van der Waals surface area contributed by atoms with Crippen molar-refractivity contribution in [2.45, 2.75) is 24.4 Å². The first-order valence-electron chi connectivity index (χ1n) is 3.47. The predicted molar refractivity (Wildman–Crippen MR) is 39.3 cm³/mol. The van der Waals surface area contributed by atoms with E-state index in [0.717, 1.165) is 0 Å². The molecule has 0 rings (SSSR count). The van der Waals surface area contributed by atoms with Crippen LogP contribution in [0.3, 0.4) is 0 Å². The second-order valence-electron chi connectivity index (χ2n) is 2.55. The Morgan fingerprint density at radius 3 is 1.06 bits per heavy atom. The molecule has 0 saturated heterocycles. The normalized spacial score (nSPS) is 17.0. The van der Waals surface area contributed by atoms with Gasteiger partial charge < -0.3 is 30.6 Å². The van der Waals surface area contributed by atoms with Gasteiger partial charge in [-0.05, 0) is 0 Å². The molecular formula is C6H10FeMnO8. The Morgan fingerprint density at radius 2 is 0.938 bits per heavy atom. The minimum Gasteiger partial charge on any atom is -0.479 e. The summed E-state index contributed by atoms with van der Waals surface area (Å²) in [5.74, 6) is -3.68. The molecule has 0 aliphatic carbocycles. The van der Waals surface area contributed by atoms with Crippen LogP contribution in [0.15, 0.2) is 0 Å². The van der Waals surface area contributed by atoms with Gasteiger partial charge in [0.2, 0.25) is 0 Å². The number of rotatable bonds is 5. The minimum absolute atomic E-state index is 0. The summed E-state index contributed by atoms with van der Waals surface area (Å²) in [6.45, 7) is 0. The standard InChI is InChI=1S/C6H10O8.Fe.Mn/c7-1(3(9)5(11)12)2(8)4(10)6(13)14;;/h1-4,7-10H,(H,11,12)(H,13,14);;/t1-,2-,3-,4+;;/m0../s1. The number of aliphatic hydroxyl groups excluding tert-OH is 4. The largest absolute Gasteiger partial charge is 0.479 e. The maximum Gasteiger partial charge on any atom is 0.335 e. The molecule has 6 N–H and O–H groups in total. The summed E-state index contributed by atoms with van der Waals surface area (Å²) in [7, 11) is 0. The maximum absolute atomic E-state index is 10.1. The summed E-state index contributed by atoms with van der Waals surface area (Å²) in [6.07, 6.45) is -9.28. The van der Waals surface area contributed by atoms with Crippen LogP contribution in [0.2, 0.25) is 0 Å². The van der Waals surface area contributed by atoms with Gasteiger partial charge in [0.25, 0.3) is 0 Å². The van der Waals surface area contributed by atoms with Gasteiger partial charge in [-0.15, -0.1) is 0 Å². The third-order valence-corrected chi connectivity index (χ3v) is 1.50. The van der Waals surface area contributed by atoms with E-state index in [1.54, 1.807) is 0 Å². The van der Waals surface area contributed by atoms with Crippen molar-refractivity contribution in [3.05, 3.63) is 0 Å². The van der Waals surface area contributed by atoms with Crippen molar-refractivity contribution in [1.29, 1.82) is 0 Å². The third kappa shape index (κ3) is 5.78. The first-order chi connectivity index (χ1) is 6.29. The number of hydrogen-bond donors (Lipinski definition) is 6. The number of carboxylic acids is 2. The number of carbonyl (C=O) groups is 2. The topological polar surface area (TPSA) is 156 Å². The molecule has 0 heterocycles. The summed E-state index contributed by atoms with van der Waals surface area (Å²) in [5, 5.41) is 51.5. The molecule has 1 radical (unpaired) electrons. The first-order valence-corrected chi connectivity index (χ1v) is 3.47. The molecule has 4 atom stereocenters. The molecule has 0 aliphatic rings. The van der Waals surface area contributed by atoms with Crippen LogP contribution < -0.4 is 0 Å². The smallest absolute Gasteiger partial charge is 0.335 e. The van der Waals surface area contributed by atoms with Gasteiger partial charge in [0.15, 0.2) is 12.2 Å². The zero-order valence-electron chi connectivity index (χ0n) is 7.54. The molecule has 0 amide bonds. The Kier molecular flexibility index (Phi) is 11.8. The zero-order valence-corrected chi connectivity index (χ0v) is 9.83. The van der Waals surface area contributed by atoms with Crippen molar-refractivity contribution in [2.24, 2.45) is 0 Å². The summed E-state index contributed by atoms with van der Waals surface area (Å²) in [5.41, 5.74) is 0. The molecule has 10 heteroatoms. The number of aliphatic carboxylic acids is 2. The first kappa shape index (κ1) is 21.1. The van der Waals surface area contributed by atoms with Crippen molar-refractivity contribution in [2.75, 3.05) is 0 Å². The van der Waals surface area contributed by atoms with E-state index in [1.807, 2.05) is 0 Å². The summed E-state index contributed by atoms with van der Waals surface area (Å²) >= 11 is 0. The van der Waals surface area contributed by atoms with Gasteiger partial charge >= 0.3 is 11.9 Å². The van der Waals surface area contributed by atoms with Gasteiger partial charge in [-0.3, -0.25) is 0 Å². The monoisotopic (exact) mass is 321 g/mol. The Bertz CT molecular complexity index is 213. The van der Waals surface area contributed by atoms with E-state index in [-0.39, 0.29) is 34.1 Å². The van der Waals surface area contributed by atoms with E-state index >= 15 is 0 Å². The van der Waals surface area contributed by atoms with Crippen molar-refractivity contribution in [3.8, 4) is 0 Å². The Balaban J connectivity index is -0.000000845. The van der Waals surface area contributed by atoms with Crippen LogP contribution in [0, 0.1) is 0 Å². The predicted octanol–water partition coefficient (Wildman–Crippen LogP) is -3.41. The fourth-order valence-electron chi connectivity index (χ4n) is 0.666. The van der Waals surface area contributed by atoms with E-state index in [4.69, 9.17) is 30.6 Å². The van der Waals surface area contributed by atoms with Crippen molar-refractivity contribution >= 4 is 11.9 Å². The average Bonchev–Trinajstić information content (AvgIpc) is 2.12. The van der Waals surface area contributed by atoms with Crippen LogP contribution in [0.25, 0.3) is 0 Å². The molecule has 97 valence electrons. The van der Waals surface area contributed by atoms with E-state index in [0.29, 0.717) is 0 Å². The molecule has 0 aromatic carbocycles.